The minimum absolute atomic E-state index is 0.0235. The summed E-state index contributed by atoms with van der Waals surface area (Å²) in [6, 6.07) is 12.0. The zero-order chi connectivity index (χ0) is 18.9. The normalized spacial score (nSPS) is 18.6. The van der Waals surface area contributed by atoms with Crippen molar-refractivity contribution in [3.8, 4) is 0 Å². The molecule has 3 rings (SSSR count). The highest BCUT2D eigenvalue weighted by Gasteiger charge is 2.23. The number of thioether (sulfide) groups is 1. The molecule has 0 amide bonds. The maximum absolute atomic E-state index is 13.7. The highest BCUT2D eigenvalue weighted by molar-refractivity contribution is 7.99. The number of halogens is 1. The van der Waals surface area contributed by atoms with E-state index in [9.17, 15) is 12.8 Å². The molecule has 0 fully saturated rings. The van der Waals surface area contributed by atoms with Gasteiger partial charge in [-0.25, -0.2) is 17.1 Å². The summed E-state index contributed by atoms with van der Waals surface area (Å²) in [7, 11) is -0.385. The van der Waals surface area contributed by atoms with Gasteiger partial charge >= 0.3 is 0 Å². The van der Waals surface area contributed by atoms with Crippen molar-refractivity contribution >= 4 is 21.8 Å². The van der Waals surface area contributed by atoms with Crippen molar-refractivity contribution in [2.24, 2.45) is 0 Å². The molecule has 0 unspecified atom stereocenters. The van der Waals surface area contributed by atoms with E-state index in [1.807, 2.05) is 25.1 Å². The van der Waals surface area contributed by atoms with Crippen LogP contribution in [0.15, 0.2) is 52.3 Å². The van der Waals surface area contributed by atoms with Crippen LogP contribution in [0.1, 0.15) is 36.6 Å². The van der Waals surface area contributed by atoms with Crippen LogP contribution in [-0.4, -0.2) is 32.6 Å². The predicted octanol–water partition coefficient (Wildman–Crippen LogP) is 3.96. The lowest BCUT2D eigenvalue weighted by Crippen LogP contribution is -2.27. The van der Waals surface area contributed by atoms with Crippen LogP contribution in [0.3, 0.4) is 0 Å². The van der Waals surface area contributed by atoms with Gasteiger partial charge in [0.05, 0.1) is 4.90 Å². The Kier molecular flexibility index (Phi) is 5.72. The number of fused-ring (bicyclic) bond motifs is 1. The summed E-state index contributed by atoms with van der Waals surface area (Å²) in [4.78, 5) is 1.40. The number of hydrogen-bond donors (Lipinski definition) is 1. The lowest BCUT2D eigenvalue weighted by molar-refractivity contribution is 0.447. The predicted molar refractivity (Wildman–Crippen MR) is 103 cm³/mol. The first-order chi connectivity index (χ1) is 12.3. The maximum Gasteiger partial charge on any atom is 0.242 e. The fraction of sp³-hybridized carbons (Fsp3) is 0.368. The van der Waals surface area contributed by atoms with E-state index < -0.39 is 10.0 Å². The van der Waals surface area contributed by atoms with E-state index in [0.29, 0.717) is 0 Å². The summed E-state index contributed by atoms with van der Waals surface area (Å²) < 4.78 is 39.2. The molecule has 2 aromatic rings. The van der Waals surface area contributed by atoms with Gasteiger partial charge in [-0.1, -0.05) is 12.1 Å². The lowest BCUT2D eigenvalue weighted by atomic mass is 10.0. The fourth-order valence-electron chi connectivity index (χ4n) is 3.08. The quantitative estimate of drug-likeness (QED) is 0.834. The third kappa shape index (κ3) is 3.96. The molecule has 140 valence electrons. The topological polar surface area (TPSA) is 49.4 Å². The highest BCUT2D eigenvalue weighted by Crippen LogP contribution is 2.37. The van der Waals surface area contributed by atoms with Gasteiger partial charge in [0.15, 0.2) is 0 Å². The van der Waals surface area contributed by atoms with E-state index in [0.717, 1.165) is 28.2 Å². The van der Waals surface area contributed by atoms with E-state index >= 15 is 0 Å². The first-order valence-corrected chi connectivity index (χ1v) is 10.9. The molecular weight excluding hydrogens is 371 g/mol. The molecule has 2 aromatic carbocycles. The Balaban J connectivity index is 1.77. The van der Waals surface area contributed by atoms with Crippen LogP contribution in [0, 0.1) is 5.82 Å². The second-order valence-corrected chi connectivity index (χ2v) is 9.91. The summed E-state index contributed by atoms with van der Waals surface area (Å²) in [6.07, 6.45) is 0.929. The summed E-state index contributed by atoms with van der Waals surface area (Å²) >= 11 is 1.75. The van der Waals surface area contributed by atoms with Crippen molar-refractivity contribution in [1.82, 2.24) is 9.62 Å². The number of sulfonamides is 1. The zero-order valence-electron chi connectivity index (χ0n) is 15.1. The van der Waals surface area contributed by atoms with E-state index in [4.69, 9.17) is 0 Å². The largest absolute Gasteiger partial charge is 0.303 e. The number of nitrogens with one attached hydrogen (secondary N) is 1. The monoisotopic (exact) mass is 394 g/mol. The van der Waals surface area contributed by atoms with E-state index in [2.05, 4.69) is 5.32 Å². The Morgan fingerprint density at radius 2 is 1.88 bits per heavy atom. The molecule has 1 heterocycles. The molecule has 0 aliphatic carbocycles. The van der Waals surface area contributed by atoms with E-state index in [-0.39, 0.29) is 22.8 Å². The molecule has 2 atom stereocenters. The van der Waals surface area contributed by atoms with Crippen molar-refractivity contribution in [2.75, 3.05) is 19.8 Å². The van der Waals surface area contributed by atoms with Crippen LogP contribution >= 0.6 is 11.8 Å². The number of nitrogens with zero attached hydrogens (tertiary/aromatic N) is 1. The van der Waals surface area contributed by atoms with Crippen LogP contribution in [0.25, 0.3) is 0 Å². The molecule has 1 N–H and O–H groups in total. The Morgan fingerprint density at radius 1 is 1.19 bits per heavy atom. The van der Waals surface area contributed by atoms with Crippen molar-refractivity contribution in [2.45, 2.75) is 35.2 Å². The molecule has 0 saturated carbocycles. The Morgan fingerprint density at radius 3 is 2.54 bits per heavy atom. The molecule has 26 heavy (non-hydrogen) atoms. The average molecular weight is 395 g/mol. The van der Waals surface area contributed by atoms with Crippen molar-refractivity contribution < 1.29 is 12.8 Å². The summed E-state index contributed by atoms with van der Waals surface area (Å²) in [6.45, 7) is 2.04. The number of rotatable bonds is 5. The minimum Gasteiger partial charge on any atom is -0.303 e. The molecule has 0 spiro atoms. The standard InChI is InChI=1S/C19H23FN2O2S2/c1-13(14-4-7-16(8-5-14)26(23,24)22(2)3)21-18-10-11-25-19-9-6-15(20)12-17(18)19/h4-9,12-13,18,21H,10-11H2,1-3H3/t13-,18+/m0/s1. The van der Waals surface area contributed by atoms with Gasteiger partial charge in [-0.3, -0.25) is 0 Å². The van der Waals surface area contributed by atoms with Crippen LogP contribution in [0.4, 0.5) is 4.39 Å². The third-order valence-corrected chi connectivity index (χ3v) is 7.57. The van der Waals surface area contributed by atoms with Gasteiger partial charge < -0.3 is 5.32 Å². The van der Waals surface area contributed by atoms with Gasteiger partial charge in [-0.2, -0.15) is 0 Å². The van der Waals surface area contributed by atoms with Gasteiger partial charge in [-0.05, 0) is 60.6 Å². The fourth-order valence-corrected chi connectivity index (χ4v) is 5.08. The van der Waals surface area contributed by atoms with Crippen LogP contribution < -0.4 is 5.32 Å². The molecular formula is C19H23FN2O2S2. The Hall–Kier alpha value is -1.41. The Labute approximate surface area is 158 Å². The van der Waals surface area contributed by atoms with Gasteiger partial charge in [0.2, 0.25) is 10.0 Å². The summed E-state index contributed by atoms with van der Waals surface area (Å²) in [5, 5.41) is 3.56. The first kappa shape index (κ1) is 19.4. The summed E-state index contributed by atoms with van der Waals surface area (Å²) in [5.74, 6) is 0.771. The first-order valence-electron chi connectivity index (χ1n) is 8.50. The van der Waals surface area contributed by atoms with Gasteiger partial charge in [0.1, 0.15) is 5.82 Å². The average Bonchev–Trinajstić information content (AvgIpc) is 2.62. The molecule has 1 aliphatic heterocycles. The van der Waals surface area contributed by atoms with Crippen molar-refractivity contribution in [3.63, 3.8) is 0 Å². The number of hydrogen-bond acceptors (Lipinski definition) is 4. The van der Waals surface area contributed by atoms with Gasteiger partial charge in [-0.15, -0.1) is 11.8 Å². The maximum atomic E-state index is 13.7. The lowest BCUT2D eigenvalue weighted by Gasteiger charge is -2.29. The van der Waals surface area contributed by atoms with Gasteiger partial charge in [0, 0.05) is 31.1 Å². The molecule has 1 aliphatic rings. The van der Waals surface area contributed by atoms with Crippen molar-refractivity contribution in [1.29, 1.82) is 0 Å². The third-order valence-electron chi connectivity index (χ3n) is 4.62. The van der Waals surface area contributed by atoms with Crippen LogP contribution in [0.5, 0.6) is 0 Å². The molecule has 4 nitrogen and oxygen atoms in total. The zero-order valence-corrected chi connectivity index (χ0v) is 16.7. The molecule has 0 bridgehead atoms. The second-order valence-electron chi connectivity index (χ2n) is 6.62. The van der Waals surface area contributed by atoms with Crippen molar-refractivity contribution in [3.05, 3.63) is 59.4 Å². The number of benzene rings is 2. The van der Waals surface area contributed by atoms with E-state index in [1.54, 1.807) is 30.0 Å². The van der Waals surface area contributed by atoms with E-state index in [1.165, 1.54) is 24.5 Å². The SMILES string of the molecule is C[C@H](N[C@@H]1CCSc2ccc(F)cc21)c1ccc(S(=O)(=O)N(C)C)cc1. The minimum atomic E-state index is -3.42. The Bertz CT molecular complexity index is 883. The molecule has 7 heteroatoms. The second kappa shape index (κ2) is 7.68. The molecule has 0 aromatic heterocycles. The van der Waals surface area contributed by atoms with Crippen LogP contribution in [0.2, 0.25) is 0 Å². The molecule has 0 saturated heterocycles. The smallest absolute Gasteiger partial charge is 0.242 e. The summed E-state index contributed by atoms with van der Waals surface area (Å²) in [5.41, 5.74) is 2.00. The highest BCUT2D eigenvalue weighted by atomic mass is 32.2. The van der Waals surface area contributed by atoms with Gasteiger partial charge in [0.25, 0.3) is 0 Å². The van der Waals surface area contributed by atoms with Crippen LogP contribution in [-0.2, 0) is 10.0 Å². The molecule has 0 radical (unpaired) electrons.